The van der Waals surface area contributed by atoms with Gasteiger partial charge in [-0.2, -0.15) is 0 Å². The molecule has 0 aliphatic carbocycles. The molecule has 13 aromatic rings. The SMILES string of the molecule is Cc1cc(-c2cc(C)c(C)c(C)c2)cc(C)c1C.Cc1cc(C)c(C)cc1C.Cc1cc(C)cc(-c2cc(C)cc(C)c2)c1.Cc1cc(C)cc(-c2ccc(C)c(C)c2)c1.Cc1ccc(-c2ccc(C)c(C)c2)cc1C.Cc1ccc(-c2ccc(C)cc2)cc1.Cc1ccc(C)c(C)c1.Cc1ccc(C)cc1. The van der Waals surface area contributed by atoms with Gasteiger partial charge in [0.25, 0.3) is 0 Å². The van der Waals surface area contributed by atoms with Crippen molar-refractivity contribution in [2.24, 2.45) is 0 Å². The van der Waals surface area contributed by atoms with Crippen molar-refractivity contribution in [1.29, 1.82) is 0 Å². The fourth-order valence-corrected chi connectivity index (χ4v) is 12.7. The fourth-order valence-electron chi connectivity index (χ4n) is 12.7. The van der Waals surface area contributed by atoms with E-state index < -0.39 is 0 Å². The van der Waals surface area contributed by atoms with Crippen molar-refractivity contribution < 1.29 is 0 Å². The maximum absolute atomic E-state index is 2.30. The van der Waals surface area contributed by atoms with E-state index in [0.29, 0.717) is 0 Å². The lowest BCUT2D eigenvalue weighted by Gasteiger charge is -2.12. The molecule has 0 saturated heterocycles. The molecule has 0 heteroatoms. The Morgan fingerprint density at radius 1 is 0.0935 bits per heavy atom. The van der Waals surface area contributed by atoms with E-state index in [1.807, 2.05) is 0 Å². The van der Waals surface area contributed by atoms with Crippen LogP contribution in [0.5, 0.6) is 0 Å². The quantitative estimate of drug-likeness (QED) is 0.161. The minimum Gasteiger partial charge on any atom is -0.0591 e. The van der Waals surface area contributed by atoms with Crippen molar-refractivity contribution in [2.75, 3.05) is 0 Å². The van der Waals surface area contributed by atoms with Crippen molar-refractivity contribution in [3.05, 3.63) is 398 Å². The molecule has 554 valence electrons. The predicted molar refractivity (Wildman–Crippen MR) is 476 cm³/mol. The molecule has 0 heterocycles. The summed E-state index contributed by atoms with van der Waals surface area (Å²) in [6.45, 7) is 62.5. The van der Waals surface area contributed by atoms with E-state index in [1.165, 1.54) is 217 Å². The molecule has 0 amide bonds. The van der Waals surface area contributed by atoms with Gasteiger partial charge in [0.1, 0.15) is 0 Å². The number of benzene rings is 13. The van der Waals surface area contributed by atoms with Gasteiger partial charge in [-0.25, -0.2) is 0 Å². The third-order valence-corrected chi connectivity index (χ3v) is 20.8. The van der Waals surface area contributed by atoms with Crippen LogP contribution in [0, 0.1) is 201 Å². The van der Waals surface area contributed by atoms with E-state index in [-0.39, 0.29) is 0 Å². The van der Waals surface area contributed by atoms with E-state index in [2.05, 4.69) is 437 Å². The Hall–Kier alpha value is -10.1. The number of hydrogen-bond acceptors (Lipinski definition) is 0. The first-order valence-corrected chi connectivity index (χ1v) is 38.3. The summed E-state index contributed by atoms with van der Waals surface area (Å²) >= 11 is 0. The van der Waals surface area contributed by atoms with E-state index in [0.717, 1.165) is 0 Å². The Morgan fingerprint density at radius 2 is 0.262 bits per heavy atom. The molecule has 0 nitrogen and oxygen atoms in total. The van der Waals surface area contributed by atoms with Crippen molar-refractivity contribution in [2.45, 2.75) is 201 Å². The van der Waals surface area contributed by atoms with Gasteiger partial charge in [-0.05, 0) is 357 Å². The molecular formula is C107H126. The Bertz CT molecular complexity index is 4700. The van der Waals surface area contributed by atoms with Gasteiger partial charge < -0.3 is 0 Å². The Balaban J connectivity index is 0.000000194. The van der Waals surface area contributed by atoms with Crippen molar-refractivity contribution in [3.8, 4) is 55.6 Å². The molecule has 0 unspecified atom stereocenters. The van der Waals surface area contributed by atoms with Gasteiger partial charge in [0.2, 0.25) is 0 Å². The minimum atomic E-state index is 1.29. The maximum Gasteiger partial charge on any atom is -0.0178 e. The van der Waals surface area contributed by atoms with Crippen LogP contribution in [-0.4, -0.2) is 0 Å². The van der Waals surface area contributed by atoms with Gasteiger partial charge in [-0.1, -0.05) is 298 Å². The molecule has 0 radical (unpaired) electrons. The summed E-state index contributed by atoms with van der Waals surface area (Å²) in [5, 5.41) is 0. The summed E-state index contributed by atoms with van der Waals surface area (Å²) in [5.41, 5.74) is 52.5. The summed E-state index contributed by atoms with van der Waals surface area (Å²) in [5.74, 6) is 0. The normalized spacial score (nSPS) is 10.3. The Kier molecular flexibility index (Phi) is 32.5. The fraction of sp³-hybridized carbons (Fsp3) is 0.271. The van der Waals surface area contributed by atoms with Crippen LogP contribution in [0.25, 0.3) is 55.6 Å². The van der Waals surface area contributed by atoms with Crippen LogP contribution in [0.2, 0.25) is 0 Å². The average Bonchev–Trinajstić information content (AvgIpc) is 0.805. The van der Waals surface area contributed by atoms with Crippen LogP contribution in [0.1, 0.15) is 161 Å². The molecular weight excluding hydrogens is 1290 g/mol. The third kappa shape index (κ3) is 27.3. The van der Waals surface area contributed by atoms with Gasteiger partial charge in [0.15, 0.2) is 0 Å². The molecule has 0 atom stereocenters. The van der Waals surface area contributed by atoms with Gasteiger partial charge in [0.05, 0.1) is 0 Å². The highest BCUT2D eigenvalue weighted by molar-refractivity contribution is 5.71. The lowest BCUT2D eigenvalue weighted by molar-refractivity contribution is 1.24. The second-order valence-electron chi connectivity index (χ2n) is 31.0. The lowest BCUT2D eigenvalue weighted by atomic mass is 9.93. The summed E-state index contributed by atoms with van der Waals surface area (Å²) < 4.78 is 0. The second kappa shape index (κ2) is 40.5. The zero-order chi connectivity index (χ0) is 79.1. The smallest absolute Gasteiger partial charge is 0.0178 e. The lowest BCUT2D eigenvalue weighted by Crippen LogP contribution is -1.92. The number of rotatable bonds is 5. The summed E-state index contributed by atoms with van der Waals surface area (Å²) in [6, 6.07) is 86.0. The summed E-state index contributed by atoms with van der Waals surface area (Å²) in [4.78, 5) is 0. The van der Waals surface area contributed by atoms with Crippen molar-refractivity contribution in [3.63, 3.8) is 0 Å². The Morgan fingerprint density at radius 3 is 0.495 bits per heavy atom. The van der Waals surface area contributed by atoms with Crippen LogP contribution in [-0.2, 0) is 0 Å². The van der Waals surface area contributed by atoms with Crippen LogP contribution < -0.4 is 0 Å². The van der Waals surface area contributed by atoms with E-state index in [9.17, 15) is 0 Å². The number of hydrogen-bond donors (Lipinski definition) is 0. The standard InChI is InChI=1S/C18H22.3C16H18.C14H14.C10H14.C9H12.C8H10/c1-11-7-17(8-12(2)15(11)5)18-9-13(3)16(6)14(4)10-18;1-11-5-12(2)8-15(7-11)16-9-13(3)6-14(4)10-16;1-11-5-7-15(9-13(11)3)16-8-6-12(2)14(4)10-16;1-11-7-12(2)9-16(8-11)15-6-5-13(3)14(4)10-15;1-11-3-7-13(8-4-11)14-9-5-12(2)6-10-14;1-7-5-9(3)10(4)6-8(7)2;1-7-4-5-8(2)9(3)6-7;1-7-3-5-8(2)6-4-7/h7-10H,1-6H3;3*5-10H,1-4H3;3-10H,1-2H3;5-6H,1-4H3;4-6H,1-3H3;3-6H,1-2H3. The van der Waals surface area contributed by atoms with E-state index >= 15 is 0 Å². The monoisotopic (exact) mass is 1410 g/mol. The van der Waals surface area contributed by atoms with Gasteiger partial charge in [0, 0.05) is 0 Å². The molecule has 0 fully saturated rings. The van der Waals surface area contributed by atoms with Crippen LogP contribution in [0.3, 0.4) is 0 Å². The maximum atomic E-state index is 2.30. The molecule has 0 spiro atoms. The molecule has 0 saturated carbocycles. The molecule has 0 aromatic heterocycles. The molecule has 107 heavy (non-hydrogen) atoms. The third-order valence-electron chi connectivity index (χ3n) is 20.8. The number of aryl methyl sites for hydroxylation is 27. The Labute approximate surface area is 650 Å². The van der Waals surface area contributed by atoms with Crippen LogP contribution in [0.4, 0.5) is 0 Å². The first-order valence-electron chi connectivity index (χ1n) is 38.3. The van der Waals surface area contributed by atoms with Gasteiger partial charge in [-0.3, -0.25) is 0 Å². The topological polar surface area (TPSA) is 0 Å². The predicted octanol–water partition coefficient (Wildman–Crippen LogP) is 30.8. The highest BCUT2D eigenvalue weighted by Gasteiger charge is 2.09. The van der Waals surface area contributed by atoms with Crippen LogP contribution in [0.15, 0.2) is 237 Å². The molecule has 0 bridgehead atoms. The highest BCUT2D eigenvalue weighted by Crippen LogP contribution is 2.31. The van der Waals surface area contributed by atoms with Gasteiger partial charge >= 0.3 is 0 Å². The summed E-state index contributed by atoms with van der Waals surface area (Å²) in [7, 11) is 0. The summed E-state index contributed by atoms with van der Waals surface area (Å²) in [6.07, 6.45) is 0. The molecule has 0 N–H and O–H groups in total. The zero-order valence-electron chi connectivity index (χ0n) is 71.0. The van der Waals surface area contributed by atoms with Gasteiger partial charge in [-0.15, -0.1) is 0 Å². The first-order chi connectivity index (χ1) is 50.4. The van der Waals surface area contributed by atoms with Crippen molar-refractivity contribution in [1.82, 2.24) is 0 Å². The second-order valence-corrected chi connectivity index (χ2v) is 31.0. The minimum absolute atomic E-state index is 1.29. The van der Waals surface area contributed by atoms with E-state index in [1.54, 1.807) is 0 Å². The van der Waals surface area contributed by atoms with Crippen molar-refractivity contribution >= 4 is 0 Å². The zero-order valence-corrected chi connectivity index (χ0v) is 71.0. The van der Waals surface area contributed by atoms with E-state index in [4.69, 9.17) is 0 Å². The molecule has 0 aliphatic rings. The largest absolute Gasteiger partial charge is 0.0591 e. The molecule has 13 rings (SSSR count). The van der Waals surface area contributed by atoms with Crippen LogP contribution >= 0.6 is 0 Å². The highest BCUT2D eigenvalue weighted by atomic mass is 14.1. The molecule has 13 aromatic carbocycles. The first kappa shape index (κ1) is 85.8. The molecule has 0 aliphatic heterocycles. The average molecular weight is 1410 g/mol.